The molecule has 138 valence electrons. The van der Waals surface area contributed by atoms with Crippen molar-refractivity contribution in [3.63, 3.8) is 0 Å². The monoisotopic (exact) mass is 364 g/mol. The van der Waals surface area contributed by atoms with Crippen molar-refractivity contribution in [2.75, 3.05) is 6.54 Å². The third kappa shape index (κ3) is 3.74. The SMILES string of the molecule is CCn1c(=O)c(C(=O)NCC(=O)Cc2ccccc2)c(O)c2ccccc21. The zero-order valence-corrected chi connectivity index (χ0v) is 14.9. The van der Waals surface area contributed by atoms with E-state index in [9.17, 15) is 19.5 Å². The van der Waals surface area contributed by atoms with E-state index in [2.05, 4.69) is 5.32 Å². The molecule has 0 radical (unpaired) electrons. The number of Topliss-reactive ketones (excluding diaryl/α,β-unsaturated/α-hetero) is 1. The van der Waals surface area contributed by atoms with Gasteiger partial charge in [-0.3, -0.25) is 14.4 Å². The Balaban J connectivity index is 1.83. The fourth-order valence-electron chi connectivity index (χ4n) is 3.06. The number of aromatic hydroxyl groups is 1. The molecule has 3 aromatic rings. The predicted octanol–water partition coefficient (Wildman–Crippen LogP) is 2.27. The highest BCUT2D eigenvalue weighted by Crippen LogP contribution is 2.26. The largest absolute Gasteiger partial charge is 0.506 e. The van der Waals surface area contributed by atoms with E-state index in [1.807, 2.05) is 30.3 Å². The van der Waals surface area contributed by atoms with Gasteiger partial charge in [-0.05, 0) is 24.6 Å². The maximum absolute atomic E-state index is 12.7. The van der Waals surface area contributed by atoms with E-state index >= 15 is 0 Å². The topological polar surface area (TPSA) is 88.4 Å². The fourth-order valence-corrected chi connectivity index (χ4v) is 3.06. The van der Waals surface area contributed by atoms with Gasteiger partial charge in [0.2, 0.25) is 0 Å². The summed E-state index contributed by atoms with van der Waals surface area (Å²) in [6, 6.07) is 16.0. The minimum Gasteiger partial charge on any atom is -0.506 e. The summed E-state index contributed by atoms with van der Waals surface area (Å²) in [5.74, 6) is -1.31. The number of fused-ring (bicyclic) bond motifs is 1. The molecule has 0 aliphatic carbocycles. The van der Waals surface area contributed by atoms with E-state index in [4.69, 9.17) is 0 Å². The Morgan fingerprint density at radius 3 is 2.41 bits per heavy atom. The van der Waals surface area contributed by atoms with E-state index in [1.165, 1.54) is 4.57 Å². The number of carbonyl (C=O) groups is 2. The van der Waals surface area contributed by atoms with E-state index in [1.54, 1.807) is 31.2 Å². The number of hydrogen-bond acceptors (Lipinski definition) is 4. The number of pyridine rings is 1. The van der Waals surface area contributed by atoms with Crippen molar-refractivity contribution in [3.05, 3.63) is 76.1 Å². The molecule has 0 saturated heterocycles. The highest BCUT2D eigenvalue weighted by molar-refractivity contribution is 6.03. The van der Waals surface area contributed by atoms with Crippen molar-refractivity contribution < 1.29 is 14.7 Å². The van der Waals surface area contributed by atoms with Crippen LogP contribution >= 0.6 is 0 Å². The number of nitrogens with zero attached hydrogens (tertiary/aromatic N) is 1. The first-order valence-corrected chi connectivity index (χ1v) is 8.71. The van der Waals surface area contributed by atoms with Crippen molar-refractivity contribution in [2.24, 2.45) is 0 Å². The zero-order valence-electron chi connectivity index (χ0n) is 14.9. The molecule has 2 N–H and O–H groups in total. The molecule has 6 heteroatoms. The number of aromatic nitrogens is 1. The minimum atomic E-state index is -0.758. The lowest BCUT2D eigenvalue weighted by Crippen LogP contribution is -2.36. The lowest BCUT2D eigenvalue weighted by Gasteiger charge is -2.13. The lowest BCUT2D eigenvalue weighted by molar-refractivity contribution is -0.117. The minimum absolute atomic E-state index is 0.185. The summed E-state index contributed by atoms with van der Waals surface area (Å²) in [7, 11) is 0. The van der Waals surface area contributed by atoms with Gasteiger partial charge in [0, 0.05) is 18.4 Å². The molecule has 0 aliphatic rings. The van der Waals surface area contributed by atoms with Gasteiger partial charge in [-0.15, -0.1) is 0 Å². The molecule has 0 atom stereocenters. The third-order valence-electron chi connectivity index (χ3n) is 4.38. The van der Waals surface area contributed by atoms with Crippen LogP contribution in [0.15, 0.2) is 59.4 Å². The van der Waals surface area contributed by atoms with Gasteiger partial charge in [0.05, 0.1) is 12.1 Å². The molecule has 1 amide bonds. The molecule has 0 saturated carbocycles. The quantitative estimate of drug-likeness (QED) is 0.702. The fraction of sp³-hybridized carbons (Fsp3) is 0.190. The highest BCUT2D eigenvalue weighted by atomic mass is 16.3. The van der Waals surface area contributed by atoms with Crippen LogP contribution in [0.5, 0.6) is 5.75 Å². The summed E-state index contributed by atoms with van der Waals surface area (Å²) in [6.45, 7) is 1.92. The second kappa shape index (κ2) is 7.86. The molecular formula is C21H20N2O4. The van der Waals surface area contributed by atoms with Gasteiger partial charge >= 0.3 is 0 Å². The van der Waals surface area contributed by atoms with E-state index in [0.717, 1.165) is 5.56 Å². The van der Waals surface area contributed by atoms with Crippen molar-refractivity contribution in [2.45, 2.75) is 19.9 Å². The highest BCUT2D eigenvalue weighted by Gasteiger charge is 2.22. The van der Waals surface area contributed by atoms with E-state index in [0.29, 0.717) is 17.4 Å². The number of nitrogens with one attached hydrogen (secondary N) is 1. The molecule has 0 spiro atoms. The summed E-state index contributed by atoms with van der Waals surface area (Å²) in [5.41, 5.74) is 0.475. The molecule has 6 nitrogen and oxygen atoms in total. The number of rotatable bonds is 6. The Labute approximate surface area is 156 Å². The average Bonchev–Trinajstić information content (AvgIpc) is 2.68. The van der Waals surface area contributed by atoms with Crippen LogP contribution in [0.3, 0.4) is 0 Å². The van der Waals surface area contributed by atoms with Crippen LogP contribution in [-0.4, -0.2) is 27.9 Å². The van der Waals surface area contributed by atoms with Crippen LogP contribution in [0.2, 0.25) is 0 Å². The van der Waals surface area contributed by atoms with Gasteiger partial charge in [0.15, 0.2) is 5.78 Å². The smallest absolute Gasteiger partial charge is 0.267 e. The van der Waals surface area contributed by atoms with Gasteiger partial charge in [0.1, 0.15) is 11.3 Å². The molecule has 27 heavy (non-hydrogen) atoms. The normalized spacial score (nSPS) is 10.7. The third-order valence-corrected chi connectivity index (χ3v) is 4.38. The van der Waals surface area contributed by atoms with Crippen LogP contribution in [0, 0.1) is 0 Å². The number of amides is 1. The Kier molecular flexibility index (Phi) is 5.35. The maximum atomic E-state index is 12.7. The van der Waals surface area contributed by atoms with Gasteiger partial charge in [-0.1, -0.05) is 42.5 Å². The summed E-state index contributed by atoms with van der Waals surface area (Å²) in [5, 5.41) is 13.3. The summed E-state index contributed by atoms with van der Waals surface area (Å²) in [4.78, 5) is 37.3. The van der Waals surface area contributed by atoms with Crippen LogP contribution < -0.4 is 10.9 Å². The molecule has 0 aliphatic heterocycles. The van der Waals surface area contributed by atoms with Crippen molar-refractivity contribution in [1.82, 2.24) is 9.88 Å². The van der Waals surface area contributed by atoms with Crippen LogP contribution in [-0.2, 0) is 17.8 Å². The van der Waals surface area contributed by atoms with E-state index < -0.39 is 11.5 Å². The molecule has 3 rings (SSSR count). The number of ketones is 1. The maximum Gasteiger partial charge on any atom is 0.267 e. The molecular weight excluding hydrogens is 344 g/mol. The first-order chi connectivity index (χ1) is 13.0. The first-order valence-electron chi connectivity index (χ1n) is 8.71. The summed E-state index contributed by atoms with van der Waals surface area (Å²) in [6.07, 6.45) is 0.185. The Morgan fingerprint density at radius 2 is 1.70 bits per heavy atom. The van der Waals surface area contributed by atoms with Gasteiger partial charge in [0.25, 0.3) is 11.5 Å². The number of para-hydroxylation sites is 1. The number of hydrogen-bond donors (Lipinski definition) is 2. The van der Waals surface area contributed by atoms with Crippen LogP contribution in [0.4, 0.5) is 0 Å². The Hall–Kier alpha value is -3.41. The Bertz CT molecular complexity index is 1050. The standard InChI is InChI=1S/C21H20N2O4/c1-2-23-17-11-7-6-10-16(17)19(25)18(21(23)27)20(26)22-13-15(24)12-14-8-4-3-5-9-14/h3-11,25H,2,12-13H2,1H3,(H,22,26). The average molecular weight is 364 g/mol. The number of benzene rings is 2. The molecule has 0 bridgehead atoms. The second-order valence-electron chi connectivity index (χ2n) is 6.17. The molecule has 2 aromatic carbocycles. The molecule has 1 aromatic heterocycles. The first kappa shape index (κ1) is 18.4. The van der Waals surface area contributed by atoms with Crippen molar-refractivity contribution in [1.29, 1.82) is 0 Å². The van der Waals surface area contributed by atoms with Gasteiger partial charge in [-0.2, -0.15) is 0 Å². The molecule has 0 fully saturated rings. The van der Waals surface area contributed by atoms with Gasteiger partial charge in [-0.25, -0.2) is 0 Å². The van der Waals surface area contributed by atoms with Crippen molar-refractivity contribution >= 4 is 22.6 Å². The van der Waals surface area contributed by atoms with Crippen LogP contribution in [0.25, 0.3) is 10.9 Å². The van der Waals surface area contributed by atoms with Gasteiger partial charge < -0.3 is 15.0 Å². The summed E-state index contributed by atoms with van der Waals surface area (Å²) >= 11 is 0. The van der Waals surface area contributed by atoms with Crippen LogP contribution in [0.1, 0.15) is 22.8 Å². The second-order valence-corrected chi connectivity index (χ2v) is 6.17. The summed E-state index contributed by atoms with van der Waals surface area (Å²) < 4.78 is 1.43. The predicted molar refractivity (Wildman–Crippen MR) is 103 cm³/mol. The Morgan fingerprint density at radius 1 is 1.04 bits per heavy atom. The molecule has 0 unspecified atom stereocenters. The van der Waals surface area contributed by atoms with E-state index in [-0.39, 0.29) is 30.1 Å². The molecule has 1 heterocycles. The zero-order chi connectivity index (χ0) is 19.4. The van der Waals surface area contributed by atoms with Crippen molar-refractivity contribution in [3.8, 4) is 5.75 Å². The lowest BCUT2D eigenvalue weighted by atomic mass is 10.1. The number of carbonyl (C=O) groups excluding carboxylic acids is 2. The number of aryl methyl sites for hydroxylation is 1.